The van der Waals surface area contributed by atoms with Crippen molar-refractivity contribution in [2.24, 2.45) is 0 Å². The predicted molar refractivity (Wildman–Crippen MR) is 117 cm³/mol. The number of ether oxygens (including phenoxy) is 2. The van der Waals surface area contributed by atoms with E-state index >= 15 is 0 Å². The van der Waals surface area contributed by atoms with Crippen LogP contribution in [0.3, 0.4) is 0 Å². The van der Waals surface area contributed by atoms with E-state index < -0.39 is 74.3 Å². The molecule has 0 spiro atoms. The number of hydrogen-bond donors (Lipinski definition) is 8. The highest BCUT2D eigenvalue weighted by Gasteiger charge is 2.43. The summed E-state index contributed by atoms with van der Waals surface area (Å²) in [6.45, 7) is 2.51. The van der Waals surface area contributed by atoms with Crippen molar-refractivity contribution in [1.29, 1.82) is 0 Å². The van der Waals surface area contributed by atoms with Crippen LogP contribution in [0, 0.1) is 37.5 Å². The maximum atomic E-state index is 10.1. The molecule has 1 aromatic rings. The molecule has 0 saturated carbocycles. The zero-order valence-corrected chi connectivity index (χ0v) is 18.7. The lowest BCUT2D eigenvalue weighted by atomic mass is 9.94. The fraction of sp³-hybridized carbons (Fsp3) is 0.583. The Hall–Kier alpha value is -2.06. The molecule has 0 aliphatic carbocycles. The quantitative estimate of drug-likeness (QED) is 0.201. The van der Waals surface area contributed by atoms with Crippen LogP contribution in [0.5, 0.6) is 0 Å². The molecular weight excluding hydrogens is 448 g/mol. The van der Waals surface area contributed by atoms with Crippen LogP contribution in [-0.2, 0) is 9.47 Å². The highest BCUT2D eigenvalue weighted by atomic mass is 16.5. The molecule has 2 fully saturated rings. The average Bonchev–Trinajstić information content (AvgIpc) is 2.81. The first-order chi connectivity index (χ1) is 16.1. The standard InChI is InChI=1S/C24H30O10/c1-11-7-13(3-5-15-19(27)23(31)21(29)17(9-25)33-15)8-12(2)14(11)4-6-16-20(28)24(32)22(30)18(10-26)34-16/h7-8,15-32H,9-10H2,1-2H3/t15-,16-,17-,18-,19-,20-,21-,22-,23-,24-/m1/s1. The van der Waals surface area contributed by atoms with Gasteiger partial charge in [-0.2, -0.15) is 0 Å². The summed E-state index contributed by atoms with van der Waals surface area (Å²) in [5.74, 6) is 11.2. The van der Waals surface area contributed by atoms with Gasteiger partial charge in [-0.25, -0.2) is 0 Å². The fourth-order valence-corrected chi connectivity index (χ4v) is 3.97. The van der Waals surface area contributed by atoms with Crippen molar-refractivity contribution in [3.8, 4) is 23.7 Å². The summed E-state index contributed by atoms with van der Waals surface area (Å²) in [4.78, 5) is 0. The van der Waals surface area contributed by atoms with Crippen molar-refractivity contribution in [3.05, 3.63) is 34.4 Å². The van der Waals surface area contributed by atoms with Crippen LogP contribution in [0.1, 0.15) is 22.3 Å². The molecule has 8 N–H and O–H groups in total. The first kappa shape index (κ1) is 26.5. The maximum absolute atomic E-state index is 10.1. The molecule has 2 saturated heterocycles. The summed E-state index contributed by atoms with van der Waals surface area (Å²) in [7, 11) is 0. The van der Waals surface area contributed by atoms with E-state index in [1.807, 2.05) is 0 Å². The largest absolute Gasteiger partial charge is 0.394 e. The van der Waals surface area contributed by atoms with Crippen molar-refractivity contribution in [2.45, 2.75) is 74.9 Å². The van der Waals surface area contributed by atoms with Gasteiger partial charge in [0.15, 0.2) is 0 Å². The third-order valence-corrected chi connectivity index (χ3v) is 6.02. The van der Waals surface area contributed by atoms with Gasteiger partial charge in [0.25, 0.3) is 0 Å². The minimum atomic E-state index is -1.51. The summed E-state index contributed by atoms with van der Waals surface area (Å²) >= 11 is 0. The molecule has 1 aromatic carbocycles. The lowest BCUT2D eigenvalue weighted by Gasteiger charge is -2.37. The van der Waals surface area contributed by atoms with E-state index in [2.05, 4.69) is 23.7 Å². The number of rotatable bonds is 2. The van der Waals surface area contributed by atoms with Gasteiger partial charge in [0.1, 0.15) is 61.0 Å². The molecule has 10 heteroatoms. The number of hydrogen-bond acceptors (Lipinski definition) is 10. The Bertz CT molecular complexity index is 962. The molecule has 2 aliphatic rings. The molecule has 0 bridgehead atoms. The van der Waals surface area contributed by atoms with Crippen LogP contribution in [0.4, 0.5) is 0 Å². The molecule has 0 aromatic heterocycles. The second-order valence-corrected chi connectivity index (χ2v) is 8.52. The van der Waals surface area contributed by atoms with Crippen molar-refractivity contribution in [2.75, 3.05) is 13.2 Å². The van der Waals surface area contributed by atoms with Crippen LogP contribution in [0.15, 0.2) is 12.1 Å². The van der Waals surface area contributed by atoms with Gasteiger partial charge >= 0.3 is 0 Å². The van der Waals surface area contributed by atoms with Crippen LogP contribution in [0.2, 0.25) is 0 Å². The third kappa shape index (κ3) is 5.43. The third-order valence-electron chi connectivity index (χ3n) is 6.02. The van der Waals surface area contributed by atoms with Crippen molar-refractivity contribution < 1.29 is 50.3 Å². The molecule has 10 atom stereocenters. The van der Waals surface area contributed by atoms with Crippen LogP contribution < -0.4 is 0 Å². The van der Waals surface area contributed by atoms with Gasteiger partial charge in [0.2, 0.25) is 0 Å². The summed E-state index contributed by atoms with van der Waals surface area (Å²) in [6.07, 6.45) is -13.1. The smallest absolute Gasteiger partial charge is 0.147 e. The number of benzene rings is 1. The average molecular weight is 478 g/mol. The molecule has 10 nitrogen and oxygen atoms in total. The number of aliphatic hydroxyl groups is 8. The second kappa shape index (κ2) is 11.1. The second-order valence-electron chi connectivity index (χ2n) is 8.52. The Balaban J connectivity index is 1.80. The Morgan fingerprint density at radius 1 is 0.647 bits per heavy atom. The number of aryl methyl sites for hydroxylation is 2. The van der Waals surface area contributed by atoms with Crippen molar-refractivity contribution in [3.63, 3.8) is 0 Å². The maximum Gasteiger partial charge on any atom is 0.147 e. The van der Waals surface area contributed by atoms with Crippen molar-refractivity contribution >= 4 is 0 Å². The predicted octanol–water partition coefficient (Wildman–Crippen LogP) is -3.31. The van der Waals surface area contributed by atoms with Gasteiger partial charge in [-0.05, 0) is 37.1 Å². The Kier molecular flexibility index (Phi) is 8.68. The first-order valence-electron chi connectivity index (χ1n) is 10.8. The topological polar surface area (TPSA) is 180 Å². The van der Waals surface area contributed by atoms with E-state index in [-0.39, 0.29) is 0 Å². The zero-order chi connectivity index (χ0) is 25.2. The van der Waals surface area contributed by atoms with Gasteiger partial charge in [0, 0.05) is 11.1 Å². The molecule has 34 heavy (non-hydrogen) atoms. The van der Waals surface area contributed by atoms with E-state index in [0.29, 0.717) is 11.1 Å². The van der Waals surface area contributed by atoms with E-state index in [0.717, 1.165) is 11.1 Å². The zero-order valence-electron chi connectivity index (χ0n) is 18.7. The normalized spacial score (nSPS) is 37.8. The van der Waals surface area contributed by atoms with Gasteiger partial charge in [-0.3, -0.25) is 0 Å². The van der Waals surface area contributed by atoms with Gasteiger partial charge in [0.05, 0.1) is 13.2 Å². The van der Waals surface area contributed by atoms with E-state index in [1.165, 1.54) is 0 Å². The van der Waals surface area contributed by atoms with Gasteiger partial charge in [-0.1, -0.05) is 23.7 Å². The minimum Gasteiger partial charge on any atom is -0.394 e. The Labute approximate surface area is 197 Å². The molecule has 0 unspecified atom stereocenters. The summed E-state index contributed by atoms with van der Waals surface area (Å²) in [5, 5.41) is 78.4. The summed E-state index contributed by atoms with van der Waals surface area (Å²) in [6, 6.07) is 3.47. The van der Waals surface area contributed by atoms with E-state index in [9.17, 15) is 40.9 Å². The Morgan fingerprint density at radius 2 is 1.06 bits per heavy atom. The fourth-order valence-electron chi connectivity index (χ4n) is 3.97. The Morgan fingerprint density at radius 3 is 1.47 bits per heavy atom. The van der Waals surface area contributed by atoms with Crippen LogP contribution in [0.25, 0.3) is 0 Å². The number of aliphatic hydroxyl groups excluding tert-OH is 8. The first-order valence-corrected chi connectivity index (χ1v) is 10.8. The van der Waals surface area contributed by atoms with E-state index in [1.54, 1.807) is 26.0 Å². The molecular formula is C24H30O10. The van der Waals surface area contributed by atoms with Crippen LogP contribution >= 0.6 is 0 Å². The molecule has 0 radical (unpaired) electrons. The molecule has 2 aliphatic heterocycles. The highest BCUT2D eigenvalue weighted by Crippen LogP contribution is 2.23. The minimum absolute atomic E-state index is 0.539. The molecule has 0 amide bonds. The summed E-state index contributed by atoms with van der Waals surface area (Å²) in [5.41, 5.74) is 2.70. The van der Waals surface area contributed by atoms with E-state index in [4.69, 9.17) is 9.47 Å². The van der Waals surface area contributed by atoms with Gasteiger partial charge in [-0.15, -0.1) is 0 Å². The molecule has 186 valence electrons. The van der Waals surface area contributed by atoms with Crippen molar-refractivity contribution in [1.82, 2.24) is 0 Å². The lowest BCUT2D eigenvalue weighted by Crippen LogP contribution is -2.58. The SMILES string of the molecule is Cc1cc(C#C[C@H]2O[C@H](CO)[C@@H](O)[C@H](O)[C@@H]2O)cc(C)c1C#C[C@H]1O[C@H](CO)[C@@H](O)[C@H](O)[C@@H]1O. The van der Waals surface area contributed by atoms with Crippen LogP contribution in [-0.4, -0.2) is 115 Å². The molecule has 3 rings (SSSR count). The highest BCUT2D eigenvalue weighted by molar-refractivity contribution is 5.52. The molecule has 2 heterocycles. The summed E-state index contributed by atoms with van der Waals surface area (Å²) < 4.78 is 10.8. The van der Waals surface area contributed by atoms with Gasteiger partial charge < -0.3 is 50.3 Å². The monoisotopic (exact) mass is 478 g/mol. The lowest BCUT2D eigenvalue weighted by molar-refractivity contribution is -0.214.